The van der Waals surface area contributed by atoms with Gasteiger partial charge >= 0.3 is 0 Å². The molecule has 33 heavy (non-hydrogen) atoms. The van der Waals surface area contributed by atoms with Gasteiger partial charge in [-0.2, -0.15) is 0 Å². The molecule has 3 aromatic carbocycles. The van der Waals surface area contributed by atoms with Crippen molar-refractivity contribution in [2.45, 2.75) is 25.9 Å². The molecule has 0 aliphatic carbocycles. The highest BCUT2D eigenvalue weighted by atomic mass is 35.5. The van der Waals surface area contributed by atoms with Crippen molar-refractivity contribution >= 4 is 23.2 Å². The first kappa shape index (κ1) is 23.0. The predicted molar refractivity (Wildman–Crippen MR) is 129 cm³/mol. The van der Waals surface area contributed by atoms with Crippen molar-refractivity contribution in [3.63, 3.8) is 0 Å². The molecule has 0 radical (unpaired) electrons. The Balaban J connectivity index is 1.56. The topological polar surface area (TPSA) is 68.8 Å². The average Bonchev–Trinajstić information content (AvgIpc) is 3.06. The highest BCUT2D eigenvalue weighted by Crippen LogP contribution is 2.38. The molecule has 0 bridgehead atoms. The van der Waals surface area contributed by atoms with E-state index < -0.39 is 6.04 Å². The maximum atomic E-state index is 13.4. The van der Waals surface area contributed by atoms with Crippen LogP contribution in [0.15, 0.2) is 60.7 Å². The normalized spacial score (nSPS) is 13.7. The summed E-state index contributed by atoms with van der Waals surface area (Å²) in [6.07, 6.45) is 0.803. The third-order valence-corrected chi connectivity index (χ3v) is 5.66. The number of ether oxygens (including phenoxy) is 3. The third-order valence-electron chi connectivity index (χ3n) is 5.38. The van der Waals surface area contributed by atoms with Gasteiger partial charge in [-0.15, -0.1) is 0 Å². The maximum Gasteiger partial charge on any atom is 0.246 e. The summed E-state index contributed by atoms with van der Waals surface area (Å²) in [4.78, 5) is 13.4. The van der Waals surface area contributed by atoms with Crippen molar-refractivity contribution in [2.24, 2.45) is 0 Å². The van der Waals surface area contributed by atoms with E-state index in [1.165, 1.54) is 0 Å². The van der Waals surface area contributed by atoms with Gasteiger partial charge in [0.1, 0.15) is 11.8 Å². The lowest BCUT2D eigenvalue weighted by molar-refractivity contribution is -0.118. The van der Waals surface area contributed by atoms with Crippen LogP contribution in [-0.2, 0) is 11.3 Å². The van der Waals surface area contributed by atoms with Crippen LogP contribution in [0.4, 0.5) is 5.69 Å². The van der Waals surface area contributed by atoms with Gasteiger partial charge in [-0.05, 0) is 47.9 Å². The Kier molecular flexibility index (Phi) is 7.37. The predicted octanol–water partition coefficient (Wildman–Crippen LogP) is 5.29. The van der Waals surface area contributed by atoms with Crippen molar-refractivity contribution in [1.82, 2.24) is 5.32 Å². The Morgan fingerprint density at radius 3 is 2.67 bits per heavy atom. The van der Waals surface area contributed by atoms with Crippen LogP contribution in [0.2, 0.25) is 5.02 Å². The van der Waals surface area contributed by atoms with E-state index in [0.29, 0.717) is 47.7 Å². The van der Waals surface area contributed by atoms with E-state index >= 15 is 0 Å². The monoisotopic (exact) mass is 466 g/mol. The number of nitrogens with one attached hydrogen (secondary N) is 2. The Bertz CT molecular complexity index is 1120. The number of carbonyl (C=O) groups is 1. The Morgan fingerprint density at radius 1 is 1.09 bits per heavy atom. The maximum absolute atomic E-state index is 13.4. The summed E-state index contributed by atoms with van der Waals surface area (Å²) < 4.78 is 16.9. The first-order valence-corrected chi connectivity index (χ1v) is 11.2. The first-order chi connectivity index (χ1) is 16.0. The number of halogens is 1. The smallest absolute Gasteiger partial charge is 0.246 e. The number of hydrogen-bond donors (Lipinski definition) is 2. The molecule has 0 saturated carbocycles. The van der Waals surface area contributed by atoms with Crippen molar-refractivity contribution in [3.8, 4) is 17.2 Å². The number of methoxy groups -OCH3 is 1. The summed E-state index contributed by atoms with van der Waals surface area (Å²) >= 11 is 6.44. The summed E-state index contributed by atoms with van der Waals surface area (Å²) in [5.74, 6) is 1.62. The molecule has 3 aromatic rings. The zero-order valence-electron chi connectivity index (χ0n) is 18.7. The minimum Gasteiger partial charge on any atom is -0.495 e. The summed E-state index contributed by atoms with van der Waals surface area (Å²) in [5.41, 5.74) is 3.40. The Hall–Kier alpha value is -3.22. The van der Waals surface area contributed by atoms with Gasteiger partial charge in [0.25, 0.3) is 0 Å². The number of carbonyl (C=O) groups excluding carboxylic acids is 1. The number of hydrogen-bond acceptors (Lipinski definition) is 5. The van der Waals surface area contributed by atoms with Gasteiger partial charge in [-0.1, -0.05) is 48.0 Å². The van der Waals surface area contributed by atoms with E-state index in [9.17, 15) is 4.79 Å². The van der Waals surface area contributed by atoms with Crippen LogP contribution in [-0.4, -0.2) is 26.2 Å². The second-order valence-corrected chi connectivity index (χ2v) is 8.28. The third kappa shape index (κ3) is 5.59. The minimum atomic E-state index is -0.592. The molecule has 1 atom stereocenters. The van der Waals surface area contributed by atoms with Crippen LogP contribution in [0.5, 0.6) is 17.2 Å². The van der Waals surface area contributed by atoms with Crippen LogP contribution < -0.4 is 24.8 Å². The molecule has 0 fully saturated rings. The van der Waals surface area contributed by atoms with Crippen LogP contribution in [0.25, 0.3) is 0 Å². The highest BCUT2D eigenvalue weighted by Gasteiger charge is 2.22. The fraction of sp³-hybridized carbons (Fsp3) is 0.269. The molecule has 172 valence electrons. The minimum absolute atomic E-state index is 0.189. The fourth-order valence-corrected chi connectivity index (χ4v) is 4.03. The van der Waals surface area contributed by atoms with Crippen molar-refractivity contribution in [2.75, 3.05) is 25.6 Å². The molecule has 0 saturated heterocycles. The van der Waals surface area contributed by atoms with Crippen LogP contribution >= 0.6 is 11.6 Å². The summed E-state index contributed by atoms with van der Waals surface area (Å²) in [6.45, 7) is 3.53. The molecule has 0 spiro atoms. The van der Waals surface area contributed by atoms with Gasteiger partial charge in [0, 0.05) is 13.0 Å². The largest absolute Gasteiger partial charge is 0.495 e. The van der Waals surface area contributed by atoms with Crippen molar-refractivity contribution < 1.29 is 19.0 Å². The van der Waals surface area contributed by atoms with E-state index in [1.54, 1.807) is 7.11 Å². The lowest BCUT2D eigenvalue weighted by Gasteiger charge is -2.21. The number of benzene rings is 3. The van der Waals surface area contributed by atoms with Crippen LogP contribution in [0, 0.1) is 6.92 Å². The SMILES string of the molecule is COc1ccc(C)cc1NC(=O)C(NCc1cc(Cl)c2c(c1)OCCCO2)c1ccccc1. The second kappa shape index (κ2) is 10.6. The Labute approximate surface area is 198 Å². The highest BCUT2D eigenvalue weighted by molar-refractivity contribution is 6.32. The average molecular weight is 467 g/mol. The van der Waals surface area contributed by atoms with Gasteiger partial charge in [-0.3, -0.25) is 10.1 Å². The molecule has 2 N–H and O–H groups in total. The van der Waals surface area contributed by atoms with E-state index in [0.717, 1.165) is 23.1 Å². The zero-order chi connectivity index (χ0) is 23.2. The van der Waals surface area contributed by atoms with E-state index in [1.807, 2.05) is 67.6 Å². The van der Waals surface area contributed by atoms with Crippen molar-refractivity contribution in [3.05, 3.63) is 82.4 Å². The van der Waals surface area contributed by atoms with Gasteiger partial charge in [0.05, 0.1) is 31.0 Å². The molecule has 1 unspecified atom stereocenters. The molecular weight excluding hydrogens is 440 g/mol. The van der Waals surface area contributed by atoms with Gasteiger partial charge < -0.3 is 19.5 Å². The standard InChI is InChI=1S/C26H27ClN2O4/c1-17-9-10-22(31-2)21(13-17)29-26(30)24(19-7-4-3-5-8-19)28-16-18-14-20(27)25-23(15-18)32-11-6-12-33-25/h3-5,7-10,13-15,24,28H,6,11-12,16H2,1-2H3,(H,29,30). The first-order valence-electron chi connectivity index (χ1n) is 10.9. The van der Waals surface area contributed by atoms with Gasteiger partial charge in [-0.25, -0.2) is 0 Å². The molecule has 1 aliphatic heterocycles. The second-order valence-electron chi connectivity index (χ2n) is 7.87. The molecule has 1 amide bonds. The summed E-state index contributed by atoms with van der Waals surface area (Å²) in [6, 6.07) is 18.4. The molecular formula is C26H27ClN2O4. The van der Waals surface area contributed by atoms with Crippen molar-refractivity contribution in [1.29, 1.82) is 0 Å². The lowest BCUT2D eigenvalue weighted by atomic mass is 10.0. The van der Waals surface area contributed by atoms with E-state index in [-0.39, 0.29) is 5.91 Å². The number of fused-ring (bicyclic) bond motifs is 1. The molecule has 7 heteroatoms. The van der Waals surface area contributed by atoms with Gasteiger partial charge in [0.15, 0.2) is 11.5 Å². The lowest BCUT2D eigenvalue weighted by Crippen LogP contribution is -2.33. The van der Waals surface area contributed by atoms with E-state index in [2.05, 4.69) is 10.6 Å². The van der Waals surface area contributed by atoms with E-state index in [4.69, 9.17) is 25.8 Å². The quantitative estimate of drug-likeness (QED) is 0.495. The number of rotatable bonds is 7. The van der Waals surface area contributed by atoms with Crippen LogP contribution in [0.3, 0.4) is 0 Å². The number of aryl methyl sites for hydroxylation is 1. The van der Waals surface area contributed by atoms with Gasteiger partial charge in [0.2, 0.25) is 5.91 Å². The molecule has 1 aliphatic rings. The Morgan fingerprint density at radius 2 is 1.88 bits per heavy atom. The number of amides is 1. The fourth-order valence-electron chi connectivity index (χ4n) is 3.74. The van der Waals surface area contributed by atoms with Crippen LogP contribution in [0.1, 0.15) is 29.2 Å². The number of anilines is 1. The summed E-state index contributed by atoms with van der Waals surface area (Å²) in [5, 5.41) is 6.87. The zero-order valence-corrected chi connectivity index (χ0v) is 19.4. The molecule has 4 rings (SSSR count). The summed E-state index contributed by atoms with van der Waals surface area (Å²) in [7, 11) is 1.58. The molecule has 1 heterocycles. The molecule has 0 aromatic heterocycles. The molecule has 6 nitrogen and oxygen atoms in total.